The molecule has 1 aromatic carbocycles. The smallest absolute Gasteiger partial charge is 0.228 e. The van der Waals surface area contributed by atoms with Crippen molar-refractivity contribution in [3.63, 3.8) is 0 Å². The summed E-state index contributed by atoms with van der Waals surface area (Å²) in [6.45, 7) is 2.08. The monoisotopic (exact) mass is 423 g/mol. The van der Waals surface area contributed by atoms with Crippen LogP contribution in [0.5, 0.6) is 0 Å². The maximum Gasteiger partial charge on any atom is 0.228 e. The summed E-state index contributed by atoms with van der Waals surface area (Å²) in [4.78, 5) is 39.1. The van der Waals surface area contributed by atoms with Crippen LogP contribution in [0.4, 0.5) is 0 Å². The number of furan rings is 1. The molecule has 0 radical (unpaired) electrons. The minimum absolute atomic E-state index is 0.0536. The molecule has 1 aliphatic heterocycles. The number of benzene rings is 1. The molecule has 0 fully saturated rings. The van der Waals surface area contributed by atoms with E-state index in [9.17, 15) is 22.8 Å². The SMILES string of the molecule is CC12CCCc3coc(c31)C(=O)c1cc3c(cc12)C(=O)C1=C(NCCS1(=O)=O)C3=O. The third-order valence-corrected chi connectivity index (χ3v) is 8.63. The van der Waals surface area contributed by atoms with E-state index in [4.69, 9.17) is 4.42 Å². The third-order valence-electron chi connectivity index (χ3n) is 6.88. The number of hydrogen-bond donors (Lipinski definition) is 1. The van der Waals surface area contributed by atoms with Crippen molar-refractivity contribution in [1.29, 1.82) is 0 Å². The normalized spacial score (nSPS) is 25.8. The van der Waals surface area contributed by atoms with E-state index in [1.807, 2.05) is 6.92 Å². The number of allylic oxidation sites excluding steroid dienone is 2. The lowest BCUT2D eigenvalue weighted by Gasteiger charge is -2.39. The summed E-state index contributed by atoms with van der Waals surface area (Å²) in [5, 5.41) is 2.77. The topological polar surface area (TPSA) is 111 Å². The number of sulfone groups is 1. The van der Waals surface area contributed by atoms with Crippen LogP contribution in [0.1, 0.15) is 73.3 Å². The Morgan fingerprint density at radius 1 is 1.03 bits per heavy atom. The van der Waals surface area contributed by atoms with Gasteiger partial charge in [-0.05, 0) is 42.5 Å². The highest BCUT2D eigenvalue weighted by atomic mass is 32.2. The van der Waals surface area contributed by atoms with E-state index in [-0.39, 0.29) is 34.9 Å². The molecule has 152 valence electrons. The molecule has 1 atom stereocenters. The third kappa shape index (κ3) is 1.95. The standard InChI is InChI=1S/C22H17NO6S/c1-22-4-2-3-10-9-29-20(15(10)22)18(25)13-7-11-12(8-14(13)22)19(26)21-16(17(11)24)23-5-6-30(21,27)28/h7-9,23H,2-6H2,1H3. The van der Waals surface area contributed by atoms with Crippen LogP contribution in [0.25, 0.3) is 0 Å². The molecule has 1 unspecified atom stereocenters. The summed E-state index contributed by atoms with van der Waals surface area (Å²) in [6, 6.07) is 3.02. The molecular weight excluding hydrogens is 406 g/mol. The van der Waals surface area contributed by atoms with E-state index in [1.165, 1.54) is 6.07 Å². The van der Waals surface area contributed by atoms with Crippen molar-refractivity contribution in [1.82, 2.24) is 5.32 Å². The van der Waals surface area contributed by atoms with Gasteiger partial charge in [-0.2, -0.15) is 0 Å². The van der Waals surface area contributed by atoms with Crippen LogP contribution in [0, 0.1) is 0 Å². The summed E-state index contributed by atoms with van der Waals surface area (Å²) in [7, 11) is -3.85. The molecule has 3 aliphatic carbocycles. The molecule has 6 rings (SSSR count). The van der Waals surface area contributed by atoms with Crippen molar-refractivity contribution in [3.8, 4) is 0 Å². The number of nitrogens with one attached hydrogen (secondary N) is 1. The summed E-state index contributed by atoms with van der Waals surface area (Å²) < 4.78 is 30.7. The Bertz CT molecular complexity index is 1380. The molecular formula is C22H17NO6S. The molecule has 30 heavy (non-hydrogen) atoms. The van der Waals surface area contributed by atoms with E-state index in [0.29, 0.717) is 16.9 Å². The zero-order valence-electron chi connectivity index (χ0n) is 16.1. The van der Waals surface area contributed by atoms with Gasteiger partial charge in [0.05, 0.1) is 12.0 Å². The van der Waals surface area contributed by atoms with Crippen LogP contribution in [0.3, 0.4) is 0 Å². The molecule has 0 saturated heterocycles. The average molecular weight is 423 g/mol. The molecule has 7 nitrogen and oxygen atoms in total. The van der Waals surface area contributed by atoms with Gasteiger partial charge in [0, 0.05) is 34.2 Å². The first-order valence-corrected chi connectivity index (χ1v) is 11.5. The van der Waals surface area contributed by atoms with Gasteiger partial charge in [0.2, 0.25) is 17.3 Å². The van der Waals surface area contributed by atoms with Crippen molar-refractivity contribution in [2.24, 2.45) is 0 Å². The Labute approximate surface area is 172 Å². The Morgan fingerprint density at radius 2 is 1.80 bits per heavy atom. The predicted molar refractivity (Wildman–Crippen MR) is 105 cm³/mol. The first-order chi connectivity index (χ1) is 14.2. The van der Waals surface area contributed by atoms with Crippen LogP contribution in [0.15, 0.2) is 33.4 Å². The molecule has 1 aromatic heterocycles. The second-order valence-electron chi connectivity index (χ2n) is 8.53. The molecule has 0 bridgehead atoms. The molecule has 0 saturated carbocycles. The lowest BCUT2D eigenvalue weighted by atomic mass is 9.62. The summed E-state index contributed by atoms with van der Waals surface area (Å²) in [6.07, 6.45) is 4.10. The molecule has 0 spiro atoms. The Kier molecular flexibility index (Phi) is 3.19. The van der Waals surface area contributed by atoms with E-state index in [1.54, 1.807) is 12.3 Å². The van der Waals surface area contributed by atoms with E-state index in [0.717, 1.165) is 30.4 Å². The summed E-state index contributed by atoms with van der Waals surface area (Å²) in [5.41, 5.74) is 2.24. The molecule has 4 aliphatic rings. The van der Waals surface area contributed by atoms with Crippen molar-refractivity contribution in [2.75, 3.05) is 12.3 Å². The number of ketones is 3. The summed E-state index contributed by atoms with van der Waals surface area (Å²) >= 11 is 0. The zero-order chi connectivity index (χ0) is 21.0. The highest BCUT2D eigenvalue weighted by Gasteiger charge is 2.48. The van der Waals surface area contributed by atoms with Crippen LogP contribution < -0.4 is 5.32 Å². The van der Waals surface area contributed by atoms with Gasteiger partial charge in [-0.3, -0.25) is 14.4 Å². The molecule has 8 heteroatoms. The van der Waals surface area contributed by atoms with Gasteiger partial charge >= 0.3 is 0 Å². The van der Waals surface area contributed by atoms with E-state index in [2.05, 4.69) is 5.32 Å². The number of fused-ring (bicyclic) bond motifs is 3. The number of carbonyl (C=O) groups is 3. The number of rotatable bonds is 0. The van der Waals surface area contributed by atoms with Gasteiger partial charge in [0.15, 0.2) is 15.6 Å². The lowest BCUT2D eigenvalue weighted by Crippen LogP contribution is -2.42. The minimum Gasteiger partial charge on any atom is -0.460 e. The fourth-order valence-electron chi connectivity index (χ4n) is 5.46. The van der Waals surface area contributed by atoms with Crippen LogP contribution >= 0.6 is 0 Å². The largest absolute Gasteiger partial charge is 0.460 e. The Balaban J connectivity index is 1.64. The van der Waals surface area contributed by atoms with Gasteiger partial charge in [0.1, 0.15) is 10.6 Å². The first kappa shape index (κ1) is 17.8. The van der Waals surface area contributed by atoms with Gasteiger partial charge in [0.25, 0.3) is 0 Å². The van der Waals surface area contributed by atoms with Crippen molar-refractivity contribution >= 4 is 27.2 Å². The quantitative estimate of drug-likeness (QED) is 0.691. The molecule has 2 aromatic rings. The van der Waals surface area contributed by atoms with E-state index < -0.39 is 31.7 Å². The molecule has 2 heterocycles. The Hall–Kier alpha value is -3.00. The highest BCUT2D eigenvalue weighted by Crippen LogP contribution is 2.50. The maximum absolute atomic E-state index is 13.2. The lowest BCUT2D eigenvalue weighted by molar-refractivity contribution is 0.0970. The second kappa shape index (κ2) is 5.37. The van der Waals surface area contributed by atoms with Gasteiger partial charge in [-0.1, -0.05) is 6.92 Å². The summed E-state index contributed by atoms with van der Waals surface area (Å²) in [5.74, 6) is -1.49. The predicted octanol–water partition coefficient (Wildman–Crippen LogP) is 2.07. The number of aryl methyl sites for hydroxylation is 1. The molecule has 0 amide bonds. The Morgan fingerprint density at radius 3 is 2.60 bits per heavy atom. The minimum atomic E-state index is -3.85. The number of carbonyl (C=O) groups excluding carboxylic acids is 3. The van der Waals surface area contributed by atoms with Crippen molar-refractivity contribution in [2.45, 2.75) is 31.6 Å². The van der Waals surface area contributed by atoms with Gasteiger partial charge in [-0.25, -0.2) is 8.42 Å². The highest BCUT2D eigenvalue weighted by molar-refractivity contribution is 7.96. The van der Waals surface area contributed by atoms with Crippen LogP contribution in [-0.4, -0.2) is 38.1 Å². The number of hydrogen-bond acceptors (Lipinski definition) is 7. The maximum atomic E-state index is 13.2. The second-order valence-corrected chi connectivity index (χ2v) is 10.6. The molecule has 1 N–H and O–H groups in total. The fraction of sp³-hybridized carbons (Fsp3) is 0.318. The average Bonchev–Trinajstić information content (AvgIpc) is 3.15. The first-order valence-electron chi connectivity index (χ1n) is 9.88. The van der Waals surface area contributed by atoms with Crippen molar-refractivity contribution in [3.05, 3.63) is 68.1 Å². The van der Waals surface area contributed by atoms with Crippen molar-refractivity contribution < 1.29 is 27.2 Å². The fourth-order valence-corrected chi connectivity index (χ4v) is 6.91. The van der Waals surface area contributed by atoms with Crippen LogP contribution in [0.2, 0.25) is 0 Å². The zero-order valence-corrected chi connectivity index (χ0v) is 16.9. The van der Waals surface area contributed by atoms with Gasteiger partial charge in [-0.15, -0.1) is 0 Å². The van der Waals surface area contributed by atoms with E-state index >= 15 is 0 Å². The number of Topliss-reactive ketones (excluding diaryl/α,β-unsaturated/α-hetero) is 2. The van der Waals surface area contributed by atoms with Crippen LogP contribution in [-0.2, 0) is 21.7 Å². The van der Waals surface area contributed by atoms with Gasteiger partial charge < -0.3 is 9.73 Å².